The Kier molecular flexibility index (Phi) is 7.05. The Balaban J connectivity index is 1.61. The molecule has 1 fully saturated rings. The highest BCUT2D eigenvalue weighted by molar-refractivity contribution is 5.58. The molecule has 2 heterocycles. The molecule has 0 spiro atoms. The molecule has 0 aliphatic carbocycles. The Morgan fingerprint density at radius 1 is 0.973 bits per heavy atom. The molecule has 3 atom stereocenters. The molecule has 5 rings (SSSR count). The van der Waals surface area contributed by atoms with E-state index in [2.05, 4.69) is 10.3 Å². The van der Waals surface area contributed by atoms with Gasteiger partial charge in [-0.2, -0.15) is 4.98 Å². The van der Waals surface area contributed by atoms with Crippen molar-refractivity contribution in [2.75, 3.05) is 19.0 Å². The normalized spacial score (nSPS) is 19.5. The fourth-order valence-electron chi connectivity index (χ4n) is 4.88. The lowest BCUT2D eigenvalue weighted by Crippen LogP contribution is -2.39. The van der Waals surface area contributed by atoms with E-state index in [1.54, 1.807) is 19.4 Å². The van der Waals surface area contributed by atoms with Crippen LogP contribution in [0, 0.1) is 0 Å². The molecular formula is C29H29N3O5. The first-order valence-electron chi connectivity index (χ1n) is 12.1. The molecule has 37 heavy (non-hydrogen) atoms. The third-order valence-electron chi connectivity index (χ3n) is 6.78. The van der Waals surface area contributed by atoms with Gasteiger partial charge in [-0.15, -0.1) is 0 Å². The summed E-state index contributed by atoms with van der Waals surface area (Å²) >= 11 is 0. The van der Waals surface area contributed by atoms with Gasteiger partial charge in [0.15, 0.2) is 0 Å². The van der Waals surface area contributed by atoms with Crippen molar-refractivity contribution in [1.29, 1.82) is 0 Å². The SMILES string of the molecule is COc1ccc(C(Nc2ccn(C3C[C@H](O)[C@@H](CO)O3)c(=O)n2)(c2ccccc2)c2ccccc2)cc1. The van der Waals surface area contributed by atoms with Gasteiger partial charge in [0.05, 0.1) is 19.8 Å². The molecule has 1 aliphatic rings. The van der Waals surface area contributed by atoms with E-state index >= 15 is 0 Å². The predicted molar refractivity (Wildman–Crippen MR) is 139 cm³/mol. The van der Waals surface area contributed by atoms with Gasteiger partial charge < -0.3 is 25.0 Å². The zero-order chi connectivity index (χ0) is 25.8. The monoisotopic (exact) mass is 499 g/mol. The van der Waals surface area contributed by atoms with Gasteiger partial charge in [0, 0.05) is 12.6 Å². The van der Waals surface area contributed by atoms with Crippen LogP contribution in [0.1, 0.15) is 29.3 Å². The minimum Gasteiger partial charge on any atom is -0.497 e. The number of nitrogens with zero attached hydrogens (tertiary/aromatic N) is 2. The van der Waals surface area contributed by atoms with E-state index in [0.29, 0.717) is 5.82 Å². The Morgan fingerprint density at radius 2 is 1.57 bits per heavy atom. The number of ether oxygens (including phenoxy) is 2. The lowest BCUT2D eigenvalue weighted by molar-refractivity contribution is -0.0458. The molecule has 1 unspecified atom stereocenters. The Labute approximate surface area is 214 Å². The third-order valence-corrected chi connectivity index (χ3v) is 6.78. The zero-order valence-corrected chi connectivity index (χ0v) is 20.4. The van der Waals surface area contributed by atoms with Gasteiger partial charge in [-0.3, -0.25) is 4.57 Å². The van der Waals surface area contributed by atoms with Gasteiger partial charge in [0.2, 0.25) is 0 Å². The summed E-state index contributed by atoms with van der Waals surface area (Å²) in [5.41, 5.74) is 1.47. The summed E-state index contributed by atoms with van der Waals surface area (Å²) in [7, 11) is 1.63. The fraction of sp³-hybridized carbons (Fsp3) is 0.241. The van der Waals surface area contributed by atoms with Crippen molar-refractivity contribution in [1.82, 2.24) is 9.55 Å². The number of methoxy groups -OCH3 is 1. The van der Waals surface area contributed by atoms with Crippen LogP contribution in [0.4, 0.5) is 5.82 Å². The second kappa shape index (κ2) is 10.6. The van der Waals surface area contributed by atoms with Crippen LogP contribution in [0.5, 0.6) is 5.75 Å². The molecular weight excluding hydrogens is 470 g/mol. The number of rotatable bonds is 8. The van der Waals surface area contributed by atoms with E-state index in [0.717, 1.165) is 22.4 Å². The number of benzene rings is 3. The summed E-state index contributed by atoms with van der Waals surface area (Å²) in [5, 5.41) is 23.1. The highest BCUT2D eigenvalue weighted by atomic mass is 16.5. The third kappa shape index (κ3) is 4.74. The van der Waals surface area contributed by atoms with Crippen LogP contribution in [0.15, 0.2) is 102 Å². The molecule has 3 aromatic carbocycles. The predicted octanol–water partition coefficient (Wildman–Crippen LogP) is 3.30. The number of aromatic nitrogens is 2. The topological polar surface area (TPSA) is 106 Å². The van der Waals surface area contributed by atoms with Crippen molar-refractivity contribution >= 4 is 5.82 Å². The van der Waals surface area contributed by atoms with Crippen LogP contribution in [-0.4, -0.2) is 45.7 Å². The second-order valence-corrected chi connectivity index (χ2v) is 8.95. The molecule has 4 aromatic rings. The fourth-order valence-corrected chi connectivity index (χ4v) is 4.88. The van der Waals surface area contributed by atoms with Crippen molar-refractivity contribution in [2.24, 2.45) is 0 Å². The molecule has 8 nitrogen and oxygen atoms in total. The van der Waals surface area contributed by atoms with E-state index in [1.807, 2.05) is 84.9 Å². The average molecular weight is 500 g/mol. The highest BCUT2D eigenvalue weighted by Crippen LogP contribution is 2.40. The quantitative estimate of drug-likeness (QED) is 0.320. The molecule has 3 N–H and O–H groups in total. The highest BCUT2D eigenvalue weighted by Gasteiger charge is 2.38. The molecule has 190 valence electrons. The van der Waals surface area contributed by atoms with Crippen molar-refractivity contribution in [3.63, 3.8) is 0 Å². The summed E-state index contributed by atoms with van der Waals surface area (Å²) in [6.07, 6.45) is -0.476. The molecule has 0 amide bonds. The largest absolute Gasteiger partial charge is 0.497 e. The van der Waals surface area contributed by atoms with Crippen LogP contribution in [-0.2, 0) is 10.3 Å². The van der Waals surface area contributed by atoms with Gasteiger partial charge >= 0.3 is 5.69 Å². The Morgan fingerprint density at radius 3 is 2.08 bits per heavy atom. The zero-order valence-electron chi connectivity index (χ0n) is 20.4. The van der Waals surface area contributed by atoms with Gasteiger partial charge in [-0.25, -0.2) is 4.79 Å². The first-order valence-corrected chi connectivity index (χ1v) is 12.1. The van der Waals surface area contributed by atoms with E-state index in [1.165, 1.54) is 4.57 Å². The lowest BCUT2D eigenvalue weighted by atomic mass is 9.77. The van der Waals surface area contributed by atoms with Crippen molar-refractivity contribution in [3.05, 3.63) is 124 Å². The van der Waals surface area contributed by atoms with E-state index < -0.39 is 29.7 Å². The molecule has 8 heteroatoms. The van der Waals surface area contributed by atoms with Crippen LogP contribution in [0.2, 0.25) is 0 Å². The molecule has 1 aliphatic heterocycles. The molecule has 0 bridgehead atoms. The number of nitrogens with one attached hydrogen (secondary N) is 1. The number of aliphatic hydroxyl groups excluding tert-OH is 2. The number of hydrogen-bond donors (Lipinski definition) is 3. The van der Waals surface area contributed by atoms with Gasteiger partial charge in [0.1, 0.15) is 29.4 Å². The maximum atomic E-state index is 13.1. The summed E-state index contributed by atoms with van der Waals surface area (Å²) in [6.45, 7) is -0.321. The molecule has 0 saturated carbocycles. The van der Waals surface area contributed by atoms with Crippen LogP contribution < -0.4 is 15.7 Å². The molecule has 1 saturated heterocycles. The van der Waals surface area contributed by atoms with Crippen LogP contribution >= 0.6 is 0 Å². The molecule has 0 radical (unpaired) electrons. The lowest BCUT2D eigenvalue weighted by Gasteiger charge is -2.37. The van der Waals surface area contributed by atoms with E-state index in [4.69, 9.17) is 9.47 Å². The van der Waals surface area contributed by atoms with Crippen LogP contribution in [0.3, 0.4) is 0 Å². The maximum absolute atomic E-state index is 13.1. The van der Waals surface area contributed by atoms with Crippen molar-refractivity contribution in [3.8, 4) is 5.75 Å². The number of anilines is 1. The minimum atomic E-state index is -0.873. The minimum absolute atomic E-state index is 0.198. The Bertz CT molecular complexity index is 1340. The number of aliphatic hydroxyl groups is 2. The first kappa shape index (κ1) is 24.7. The summed E-state index contributed by atoms with van der Waals surface area (Å²) < 4.78 is 12.4. The van der Waals surface area contributed by atoms with Gasteiger partial charge in [-0.05, 0) is 34.9 Å². The van der Waals surface area contributed by atoms with Gasteiger partial charge in [-0.1, -0.05) is 72.8 Å². The standard InChI is InChI=1S/C29H29N3O5/c1-36-23-14-12-22(13-15-23)29(20-8-4-2-5-9-20,21-10-6-3-7-11-21)31-26-16-17-32(28(35)30-26)27-18-24(34)25(19-33)37-27/h2-17,24-25,27,33-34H,18-19H2,1H3,(H,30,31,35)/t24-,25+,27?/m0/s1. The summed E-state index contributed by atoms with van der Waals surface area (Å²) in [6, 6.07) is 29.5. The Hall–Kier alpha value is -3.98. The van der Waals surface area contributed by atoms with Crippen molar-refractivity contribution < 1.29 is 19.7 Å². The van der Waals surface area contributed by atoms with E-state index in [9.17, 15) is 15.0 Å². The number of hydrogen-bond acceptors (Lipinski definition) is 7. The maximum Gasteiger partial charge on any atom is 0.351 e. The first-order chi connectivity index (χ1) is 18.0. The average Bonchev–Trinajstić information content (AvgIpc) is 3.33. The second-order valence-electron chi connectivity index (χ2n) is 8.95. The van der Waals surface area contributed by atoms with Crippen LogP contribution in [0.25, 0.3) is 0 Å². The molecule has 1 aromatic heterocycles. The summed E-state index contributed by atoms with van der Waals surface area (Å²) in [5.74, 6) is 1.11. The summed E-state index contributed by atoms with van der Waals surface area (Å²) in [4.78, 5) is 17.4. The van der Waals surface area contributed by atoms with E-state index in [-0.39, 0.29) is 13.0 Å². The van der Waals surface area contributed by atoms with Gasteiger partial charge in [0.25, 0.3) is 0 Å². The van der Waals surface area contributed by atoms with Crippen molar-refractivity contribution in [2.45, 2.75) is 30.4 Å². The smallest absolute Gasteiger partial charge is 0.351 e.